The summed E-state index contributed by atoms with van der Waals surface area (Å²) in [6, 6.07) is 5.69. The number of aromatic nitrogens is 1. The molecule has 1 aromatic carbocycles. The Kier molecular flexibility index (Phi) is 2.78. The van der Waals surface area contributed by atoms with Crippen molar-refractivity contribution < 1.29 is 4.74 Å². The van der Waals surface area contributed by atoms with Gasteiger partial charge in [0.25, 0.3) is 0 Å². The van der Waals surface area contributed by atoms with Gasteiger partial charge in [-0.3, -0.25) is 4.98 Å². The Morgan fingerprint density at radius 2 is 2.27 bits per heavy atom. The Bertz CT molecular complexity index is 496. The molecule has 0 bridgehead atoms. The largest absolute Gasteiger partial charge is 0.496 e. The summed E-state index contributed by atoms with van der Waals surface area (Å²) in [5.74, 6) is 0.750. The molecule has 0 aliphatic rings. The number of hydrogen-bond acceptors (Lipinski definition) is 2. The third kappa shape index (κ3) is 1.65. The second-order valence-corrected chi connectivity index (χ2v) is 3.58. The van der Waals surface area contributed by atoms with Crippen LogP contribution in [0.15, 0.2) is 24.4 Å². The lowest BCUT2D eigenvalue weighted by Gasteiger charge is -2.08. The van der Waals surface area contributed by atoms with E-state index < -0.39 is 0 Å². The van der Waals surface area contributed by atoms with E-state index in [9.17, 15) is 0 Å². The molecule has 2 rings (SSSR count). The summed E-state index contributed by atoms with van der Waals surface area (Å²) in [4.78, 5) is 4.32. The average Bonchev–Trinajstić information content (AvgIpc) is 2.29. The predicted molar refractivity (Wildman–Crippen MR) is 62.4 cm³/mol. The molecule has 0 spiro atoms. The molecule has 0 fully saturated rings. The first-order valence-electron chi connectivity index (χ1n) is 4.67. The highest BCUT2D eigenvalue weighted by Crippen LogP contribution is 2.33. The van der Waals surface area contributed by atoms with Gasteiger partial charge in [-0.05, 0) is 31.0 Å². The molecule has 2 aromatic rings. The molecule has 77 valence electrons. The minimum absolute atomic E-state index is 0.625. The molecule has 0 atom stereocenters. The van der Waals surface area contributed by atoms with E-state index in [1.54, 1.807) is 13.3 Å². The van der Waals surface area contributed by atoms with E-state index in [1.807, 2.05) is 18.2 Å². The van der Waals surface area contributed by atoms with E-state index in [-0.39, 0.29) is 0 Å². The Labute approximate surface area is 93.8 Å². The van der Waals surface area contributed by atoms with Crippen molar-refractivity contribution >= 4 is 22.5 Å². The van der Waals surface area contributed by atoms with Gasteiger partial charge >= 0.3 is 0 Å². The van der Waals surface area contributed by atoms with Crippen LogP contribution in [0.25, 0.3) is 10.9 Å². The van der Waals surface area contributed by atoms with Crippen molar-refractivity contribution in [3.8, 4) is 5.75 Å². The highest BCUT2D eigenvalue weighted by atomic mass is 35.5. The summed E-state index contributed by atoms with van der Waals surface area (Å²) in [5, 5.41) is 1.55. The number of fused-ring (bicyclic) bond motifs is 1. The van der Waals surface area contributed by atoms with E-state index in [0.717, 1.165) is 22.2 Å². The van der Waals surface area contributed by atoms with Crippen molar-refractivity contribution in [1.29, 1.82) is 0 Å². The first-order valence-corrected chi connectivity index (χ1v) is 5.05. The van der Waals surface area contributed by atoms with E-state index in [4.69, 9.17) is 16.3 Å². The molecule has 0 saturated heterocycles. The molecular formula is C12H11ClNO. The number of hydrogen-bond donors (Lipinski definition) is 0. The third-order valence-corrected chi connectivity index (χ3v) is 2.79. The van der Waals surface area contributed by atoms with Crippen molar-refractivity contribution in [1.82, 2.24) is 4.98 Å². The van der Waals surface area contributed by atoms with Crippen LogP contribution in [-0.4, -0.2) is 12.1 Å². The fraction of sp³-hybridized carbons (Fsp3) is 0.167. The number of ether oxygens (including phenoxy) is 1. The van der Waals surface area contributed by atoms with Crippen LogP contribution >= 0.6 is 11.6 Å². The quantitative estimate of drug-likeness (QED) is 0.775. The van der Waals surface area contributed by atoms with Gasteiger partial charge in [-0.15, -0.1) is 0 Å². The summed E-state index contributed by atoms with van der Waals surface area (Å²) < 4.78 is 5.26. The minimum Gasteiger partial charge on any atom is -0.496 e. The molecule has 1 radical (unpaired) electrons. The van der Waals surface area contributed by atoms with Crippen LogP contribution in [0.3, 0.4) is 0 Å². The van der Waals surface area contributed by atoms with Crippen LogP contribution in [0, 0.1) is 6.92 Å². The van der Waals surface area contributed by atoms with Crippen molar-refractivity contribution in [2.45, 2.75) is 6.42 Å². The molecule has 0 unspecified atom stereocenters. The number of nitrogens with zero attached hydrogens (tertiary/aromatic N) is 1. The van der Waals surface area contributed by atoms with Gasteiger partial charge in [0, 0.05) is 6.20 Å². The van der Waals surface area contributed by atoms with Gasteiger partial charge < -0.3 is 4.74 Å². The number of rotatable bonds is 2. The van der Waals surface area contributed by atoms with Gasteiger partial charge in [-0.25, -0.2) is 0 Å². The fourth-order valence-corrected chi connectivity index (χ4v) is 1.89. The summed E-state index contributed by atoms with van der Waals surface area (Å²) >= 11 is 6.27. The lowest BCUT2D eigenvalue weighted by atomic mass is 10.1. The van der Waals surface area contributed by atoms with Gasteiger partial charge in [-0.2, -0.15) is 0 Å². The zero-order valence-corrected chi connectivity index (χ0v) is 9.21. The molecule has 2 nitrogen and oxygen atoms in total. The maximum absolute atomic E-state index is 6.27. The molecule has 15 heavy (non-hydrogen) atoms. The lowest BCUT2D eigenvalue weighted by Crippen LogP contribution is -1.91. The normalized spacial score (nSPS) is 10.6. The van der Waals surface area contributed by atoms with Crippen LogP contribution < -0.4 is 4.74 Å². The van der Waals surface area contributed by atoms with Gasteiger partial charge in [0.05, 0.1) is 23.0 Å². The summed E-state index contributed by atoms with van der Waals surface area (Å²) in [6.45, 7) is 3.81. The standard InChI is InChI=1S/C12H11ClNO/c1-3-8-7-14-9-5-4-6-10(15-2)11(9)12(8)13/h4-7H,1,3H2,2H3. The Morgan fingerprint density at radius 3 is 2.93 bits per heavy atom. The molecule has 0 saturated carbocycles. The topological polar surface area (TPSA) is 22.1 Å². The van der Waals surface area contributed by atoms with Crippen molar-refractivity contribution in [3.63, 3.8) is 0 Å². The maximum atomic E-state index is 6.27. The summed E-state index contributed by atoms with van der Waals surface area (Å²) in [7, 11) is 1.63. The fourth-order valence-electron chi connectivity index (χ4n) is 1.56. The Morgan fingerprint density at radius 1 is 1.47 bits per heavy atom. The van der Waals surface area contributed by atoms with Crippen molar-refractivity contribution in [2.75, 3.05) is 7.11 Å². The van der Waals surface area contributed by atoms with Crippen LogP contribution in [0.2, 0.25) is 5.02 Å². The second kappa shape index (κ2) is 4.07. The monoisotopic (exact) mass is 220 g/mol. The van der Waals surface area contributed by atoms with E-state index in [2.05, 4.69) is 11.9 Å². The summed E-state index contributed by atoms with van der Waals surface area (Å²) in [6.07, 6.45) is 2.39. The predicted octanol–water partition coefficient (Wildman–Crippen LogP) is 3.27. The Balaban J connectivity index is 2.82. The molecular weight excluding hydrogens is 210 g/mol. The number of pyridine rings is 1. The molecule has 1 heterocycles. The van der Waals surface area contributed by atoms with Crippen LogP contribution in [0.5, 0.6) is 5.75 Å². The highest BCUT2D eigenvalue weighted by Gasteiger charge is 2.09. The molecule has 3 heteroatoms. The average molecular weight is 221 g/mol. The van der Waals surface area contributed by atoms with Crippen LogP contribution in [0.4, 0.5) is 0 Å². The van der Waals surface area contributed by atoms with Crippen molar-refractivity contribution in [3.05, 3.63) is 41.9 Å². The molecule has 0 N–H and O–H groups in total. The van der Waals surface area contributed by atoms with Crippen molar-refractivity contribution in [2.24, 2.45) is 0 Å². The Hall–Kier alpha value is -1.28. The first kappa shape index (κ1) is 10.2. The van der Waals surface area contributed by atoms with Gasteiger partial charge in [0.15, 0.2) is 0 Å². The number of methoxy groups -OCH3 is 1. The molecule has 0 amide bonds. The highest BCUT2D eigenvalue weighted by molar-refractivity contribution is 6.36. The van der Waals surface area contributed by atoms with E-state index in [0.29, 0.717) is 11.4 Å². The first-order chi connectivity index (χ1) is 7.27. The molecule has 0 aliphatic carbocycles. The molecule has 0 aliphatic heterocycles. The zero-order chi connectivity index (χ0) is 10.8. The lowest BCUT2D eigenvalue weighted by molar-refractivity contribution is 0.419. The zero-order valence-electron chi connectivity index (χ0n) is 8.46. The number of benzene rings is 1. The number of halogens is 1. The van der Waals surface area contributed by atoms with Gasteiger partial charge in [0.1, 0.15) is 5.75 Å². The minimum atomic E-state index is 0.625. The van der Waals surface area contributed by atoms with Gasteiger partial charge in [-0.1, -0.05) is 17.7 Å². The van der Waals surface area contributed by atoms with E-state index in [1.165, 1.54) is 0 Å². The molecule has 1 aromatic heterocycles. The third-order valence-electron chi connectivity index (χ3n) is 2.35. The van der Waals surface area contributed by atoms with Crippen LogP contribution in [-0.2, 0) is 6.42 Å². The van der Waals surface area contributed by atoms with E-state index >= 15 is 0 Å². The van der Waals surface area contributed by atoms with Gasteiger partial charge in [0.2, 0.25) is 0 Å². The van der Waals surface area contributed by atoms with Crippen LogP contribution in [0.1, 0.15) is 5.56 Å². The SMILES string of the molecule is [CH2]Cc1cnc2cccc(OC)c2c1Cl. The maximum Gasteiger partial charge on any atom is 0.129 e. The second-order valence-electron chi connectivity index (χ2n) is 3.20. The summed E-state index contributed by atoms with van der Waals surface area (Å²) in [5.41, 5.74) is 1.78. The smallest absolute Gasteiger partial charge is 0.129 e.